The Kier molecular flexibility index (Phi) is 3.57. The number of nitrogen functional groups attached to an aromatic ring is 1. The molecule has 0 aromatic heterocycles. The van der Waals surface area contributed by atoms with Crippen LogP contribution in [0, 0.1) is 11.3 Å². The normalized spacial score (nSPS) is 12.2. The molecule has 0 aliphatic rings. The Morgan fingerprint density at radius 1 is 1.39 bits per heavy atom. The SMILES string of the molecule is CCS(=O)(=O)c1cc(C#N)c(C(F)(F)F)cc1N. The van der Waals surface area contributed by atoms with E-state index < -0.39 is 37.7 Å². The number of hydrogen-bond donors (Lipinski definition) is 1. The number of rotatable bonds is 2. The predicted molar refractivity (Wildman–Crippen MR) is 58.3 cm³/mol. The standard InChI is InChI=1S/C10H9F3N2O2S/c1-2-18(16,17)9-3-6(5-14)7(4-8(9)15)10(11,12)13/h3-4H,2,15H2,1H3. The maximum atomic E-state index is 12.6. The van der Waals surface area contributed by atoms with Gasteiger partial charge in [-0.1, -0.05) is 6.92 Å². The Balaban J connectivity index is 3.63. The third-order valence-electron chi connectivity index (χ3n) is 2.29. The van der Waals surface area contributed by atoms with Crippen molar-refractivity contribution in [1.82, 2.24) is 0 Å². The van der Waals surface area contributed by atoms with Crippen molar-refractivity contribution in [2.24, 2.45) is 0 Å². The van der Waals surface area contributed by atoms with Gasteiger partial charge in [0.25, 0.3) is 0 Å². The average molecular weight is 278 g/mol. The topological polar surface area (TPSA) is 84.0 Å². The van der Waals surface area contributed by atoms with Gasteiger partial charge >= 0.3 is 6.18 Å². The molecule has 1 aromatic rings. The summed E-state index contributed by atoms with van der Waals surface area (Å²) in [5.41, 5.74) is 2.80. The van der Waals surface area contributed by atoms with Gasteiger partial charge in [-0.2, -0.15) is 18.4 Å². The van der Waals surface area contributed by atoms with E-state index in [2.05, 4.69) is 0 Å². The minimum Gasteiger partial charge on any atom is -0.398 e. The van der Waals surface area contributed by atoms with Crippen LogP contribution in [0.5, 0.6) is 0 Å². The van der Waals surface area contributed by atoms with E-state index in [-0.39, 0.29) is 5.75 Å². The van der Waals surface area contributed by atoms with Gasteiger partial charge in [0.05, 0.1) is 33.5 Å². The van der Waals surface area contributed by atoms with Crippen LogP contribution in [0.3, 0.4) is 0 Å². The summed E-state index contributed by atoms with van der Waals surface area (Å²) in [4.78, 5) is -0.449. The molecule has 0 saturated carbocycles. The summed E-state index contributed by atoms with van der Waals surface area (Å²) in [7, 11) is -3.77. The third-order valence-corrected chi connectivity index (χ3v) is 4.07. The average Bonchev–Trinajstić information content (AvgIpc) is 2.27. The van der Waals surface area contributed by atoms with Crippen LogP contribution in [-0.4, -0.2) is 14.2 Å². The van der Waals surface area contributed by atoms with Gasteiger partial charge in [-0.3, -0.25) is 0 Å². The van der Waals surface area contributed by atoms with E-state index in [0.717, 1.165) is 0 Å². The molecule has 0 aliphatic heterocycles. The lowest BCUT2D eigenvalue weighted by Gasteiger charge is -2.12. The molecule has 0 fully saturated rings. The summed E-state index contributed by atoms with van der Waals surface area (Å²) < 4.78 is 60.9. The van der Waals surface area contributed by atoms with E-state index in [9.17, 15) is 21.6 Å². The minimum atomic E-state index is -4.76. The molecular formula is C10H9F3N2O2S. The molecule has 0 bridgehead atoms. The largest absolute Gasteiger partial charge is 0.417 e. The first-order chi connectivity index (χ1) is 8.13. The van der Waals surface area contributed by atoms with Crippen LogP contribution in [0.4, 0.5) is 18.9 Å². The number of sulfone groups is 1. The number of anilines is 1. The van der Waals surface area contributed by atoms with E-state index in [1.165, 1.54) is 13.0 Å². The van der Waals surface area contributed by atoms with E-state index >= 15 is 0 Å². The fourth-order valence-electron chi connectivity index (χ4n) is 1.35. The second-order valence-electron chi connectivity index (χ2n) is 3.45. The lowest BCUT2D eigenvalue weighted by molar-refractivity contribution is -0.137. The highest BCUT2D eigenvalue weighted by molar-refractivity contribution is 7.91. The van der Waals surface area contributed by atoms with Crippen molar-refractivity contribution in [3.8, 4) is 6.07 Å². The van der Waals surface area contributed by atoms with Crippen molar-refractivity contribution in [1.29, 1.82) is 5.26 Å². The Bertz CT molecular complexity index is 615. The van der Waals surface area contributed by atoms with Crippen LogP contribution < -0.4 is 5.73 Å². The maximum Gasteiger partial charge on any atom is 0.417 e. The molecule has 0 amide bonds. The second-order valence-corrected chi connectivity index (χ2v) is 5.70. The van der Waals surface area contributed by atoms with E-state index in [1.54, 1.807) is 0 Å². The van der Waals surface area contributed by atoms with Gasteiger partial charge in [-0.15, -0.1) is 0 Å². The smallest absolute Gasteiger partial charge is 0.398 e. The van der Waals surface area contributed by atoms with Crippen LogP contribution in [0.2, 0.25) is 0 Å². The molecular weight excluding hydrogens is 269 g/mol. The van der Waals surface area contributed by atoms with Crippen molar-refractivity contribution < 1.29 is 21.6 Å². The monoisotopic (exact) mass is 278 g/mol. The van der Waals surface area contributed by atoms with Crippen molar-refractivity contribution in [2.75, 3.05) is 11.5 Å². The molecule has 1 rings (SSSR count). The van der Waals surface area contributed by atoms with Gasteiger partial charge in [0.2, 0.25) is 0 Å². The van der Waals surface area contributed by atoms with E-state index in [1.807, 2.05) is 0 Å². The van der Waals surface area contributed by atoms with Crippen molar-refractivity contribution in [3.63, 3.8) is 0 Å². The number of nitrogens with zero attached hydrogens (tertiary/aromatic N) is 1. The van der Waals surface area contributed by atoms with Gasteiger partial charge in [0.1, 0.15) is 0 Å². The van der Waals surface area contributed by atoms with Crippen LogP contribution in [0.15, 0.2) is 17.0 Å². The molecule has 0 heterocycles. The number of benzene rings is 1. The molecule has 0 radical (unpaired) electrons. The highest BCUT2D eigenvalue weighted by Crippen LogP contribution is 2.35. The summed E-state index contributed by atoms with van der Waals surface area (Å²) in [6, 6.07) is 2.46. The van der Waals surface area contributed by atoms with Gasteiger partial charge in [0.15, 0.2) is 9.84 Å². The van der Waals surface area contributed by atoms with Gasteiger partial charge in [0, 0.05) is 0 Å². The Morgan fingerprint density at radius 2 is 1.94 bits per heavy atom. The zero-order chi connectivity index (χ0) is 14.1. The lowest BCUT2D eigenvalue weighted by Crippen LogP contribution is -2.13. The molecule has 4 nitrogen and oxygen atoms in total. The molecule has 0 saturated heterocycles. The number of nitrogens with two attached hydrogens (primary N) is 1. The maximum absolute atomic E-state index is 12.6. The molecule has 0 aliphatic carbocycles. The number of hydrogen-bond acceptors (Lipinski definition) is 4. The van der Waals surface area contributed by atoms with Crippen LogP contribution in [-0.2, 0) is 16.0 Å². The summed E-state index contributed by atoms with van der Waals surface area (Å²) in [6.07, 6.45) is -4.76. The Labute approximate surface area is 102 Å². The quantitative estimate of drug-likeness (QED) is 0.838. The minimum absolute atomic E-state index is 0.312. The van der Waals surface area contributed by atoms with Gasteiger partial charge in [-0.05, 0) is 12.1 Å². The molecule has 18 heavy (non-hydrogen) atoms. The fraction of sp³-hybridized carbons (Fsp3) is 0.300. The Hall–Kier alpha value is -1.75. The summed E-state index contributed by atoms with van der Waals surface area (Å²) in [5.74, 6) is -0.312. The fourth-order valence-corrected chi connectivity index (χ4v) is 2.37. The second kappa shape index (κ2) is 4.49. The zero-order valence-corrected chi connectivity index (χ0v) is 10.1. The van der Waals surface area contributed by atoms with E-state index in [0.29, 0.717) is 12.1 Å². The number of halogens is 3. The molecule has 0 spiro atoms. The van der Waals surface area contributed by atoms with E-state index in [4.69, 9.17) is 11.0 Å². The van der Waals surface area contributed by atoms with Crippen LogP contribution in [0.25, 0.3) is 0 Å². The lowest BCUT2D eigenvalue weighted by atomic mass is 10.1. The Morgan fingerprint density at radius 3 is 2.33 bits per heavy atom. The molecule has 8 heteroatoms. The van der Waals surface area contributed by atoms with Crippen molar-refractivity contribution in [2.45, 2.75) is 18.0 Å². The first-order valence-corrected chi connectivity index (χ1v) is 6.42. The van der Waals surface area contributed by atoms with Crippen molar-refractivity contribution >= 4 is 15.5 Å². The molecule has 2 N–H and O–H groups in total. The van der Waals surface area contributed by atoms with Gasteiger partial charge in [-0.25, -0.2) is 8.42 Å². The number of alkyl halides is 3. The highest BCUT2D eigenvalue weighted by atomic mass is 32.2. The van der Waals surface area contributed by atoms with Crippen molar-refractivity contribution in [3.05, 3.63) is 23.3 Å². The summed E-state index contributed by atoms with van der Waals surface area (Å²) >= 11 is 0. The van der Waals surface area contributed by atoms with Crippen LogP contribution in [0.1, 0.15) is 18.1 Å². The molecule has 0 atom stereocenters. The summed E-state index contributed by atoms with van der Waals surface area (Å²) in [6.45, 7) is 1.33. The molecule has 1 aromatic carbocycles. The summed E-state index contributed by atoms with van der Waals surface area (Å²) in [5, 5.41) is 8.65. The first kappa shape index (κ1) is 14.3. The number of nitriles is 1. The predicted octanol–water partition coefficient (Wildman–Crippen LogP) is 1.95. The third kappa shape index (κ3) is 2.56. The zero-order valence-electron chi connectivity index (χ0n) is 9.25. The molecule has 98 valence electrons. The molecule has 0 unspecified atom stereocenters. The highest BCUT2D eigenvalue weighted by Gasteiger charge is 2.35. The van der Waals surface area contributed by atoms with Gasteiger partial charge < -0.3 is 5.73 Å². The van der Waals surface area contributed by atoms with Crippen LogP contribution >= 0.6 is 0 Å². The first-order valence-electron chi connectivity index (χ1n) is 4.77.